The van der Waals surface area contributed by atoms with E-state index in [2.05, 4.69) is 4.98 Å². The zero-order valence-corrected chi connectivity index (χ0v) is 10.8. The van der Waals surface area contributed by atoms with Gasteiger partial charge in [-0.25, -0.2) is 0 Å². The van der Waals surface area contributed by atoms with E-state index in [0.29, 0.717) is 6.61 Å². The van der Waals surface area contributed by atoms with Crippen LogP contribution in [0.3, 0.4) is 0 Å². The fourth-order valence-corrected chi connectivity index (χ4v) is 1.91. The summed E-state index contributed by atoms with van der Waals surface area (Å²) >= 11 is 0. The largest absolute Gasteiger partial charge is 0.494 e. The summed E-state index contributed by atoms with van der Waals surface area (Å²) < 4.78 is 5.60. The summed E-state index contributed by atoms with van der Waals surface area (Å²) in [7, 11) is 0. The Labute approximate surface area is 108 Å². The molecule has 2 rings (SSSR count). The molecule has 0 fully saturated rings. The summed E-state index contributed by atoms with van der Waals surface area (Å²) in [5, 5.41) is 0. The highest BCUT2D eigenvalue weighted by Crippen LogP contribution is 2.27. The number of aromatic nitrogens is 1. The maximum absolute atomic E-state index is 6.27. The van der Waals surface area contributed by atoms with Crippen LogP contribution in [0.2, 0.25) is 0 Å². The first-order valence-electron chi connectivity index (χ1n) is 6.12. The maximum Gasteiger partial charge on any atom is 0.124 e. The normalized spacial score (nSPS) is 12.2. The van der Waals surface area contributed by atoms with E-state index in [0.717, 1.165) is 22.6 Å². The molecule has 1 atom stereocenters. The van der Waals surface area contributed by atoms with Crippen molar-refractivity contribution in [1.29, 1.82) is 0 Å². The second kappa shape index (κ2) is 5.65. The van der Waals surface area contributed by atoms with Crippen LogP contribution in [0.1, 0.15) is 29.8 Å². The van der Waals surface area contributed by atoms with E-state index < -0.39 is 0 Å². The molecule has 1 heterocycles. The first-order chi connectivity index (χ1) is 8.72. The van der Waals surface area contributed by atoms with Crippen molar-refractivity contribution in [3.05, 3.63) is 59.4 Å². The van der Waals surface area contributed by atoms with Crippen LogP contribution in [-0.4, -0.2) is 11.6 Å². The third kappa shape index (κ3) is 2.68. The minimum absolute atomic E-state index is 0.257. The average molecular weight is 242 g/mol. The van der Waals surface area contributed by atoms with Gasteiger partial charge >= 0.3 is 0 Å². The molecular formula is C15H18N2O. The molecule has 0 saturated heterocycles. The van der Waals surface area contributed by atoms with Crippen LogP contribution in [0.4, 0.5) is 0 Å². The Morgan fingerprint density at radius 2 is 2.06 bits per heavy atom. The van der Waals surface area contributed by atoms with Crippen molar-refractivity contribution >= 4 is 0 Å². The number of hydrogen-bond acceptors (Lipinski definition) is 3. The molecule has 0 aliphatic heterocycles. The third-order valence-corrected chi connectivity index (χ3v) is 2.81. The standard InChI is InChI=1S/C15H18N2O/c1-3-18-14-7-5-4-6-12(14)15(16)13-10-11(2)8-9-17-13/h4-10,15H,3,16H2,1-2H3. The summed E-state index contributed by atoms with van der Waals surface area (Å²) in [6.45, 7) is 4.63. The van der Waals surface area contributed by atoms with Gasteiger partial charge in [0.25, 0.3) is 0 Å². The Morgan fingerprint density at radius 3 is 2.78 bits per heavy atom. The number of rotatable bonds is 4. The van der Waals surface area contributed by atoms with Crippen LogP contribution >= 0.6 is 0 Å². The van der Waals surface area contributed by atoms with E-state index in [9.17, 15) is 0 Å². The molecule has 0 aliphatic carbocycles. The molecule has 3 heteroatoms. The summed E-state index contributed by atoms with van der Waals surface area (Å²) in [4.78, 5) is 4.34. The number of aryl methyl sites for hydroxylation is 1. The lowest BCUT2D eigenvalue weighted by Gasteiger charge is -2.16. The van der Waals surface area contributed by atoms with Crippen molar-refractivity contribution in [2.75, 3.05) is 6.61 Å². The molecule has 1 aromatic heterocycles. The molecule has 18 heavy (non-hydrogen) atoms. The van der Waals surface area contributed by atoms with Crippen LogP contribution < -0.4 is 10.5 Å². The number of ether oxygens (including phenoxy) is 1. The third-order valence-electron chi connectivity index (χ3n) is 2.81. The maximum atomic E-state index is 6.27. The second-order valence-corrected chi connectivity index (χ2v) is 4.21. The molecule has 0 spiro atoms. The smallest absolute Gasteiger partial charge is 0.124 e. The predicted molar refractivity (Wildman–Crippen MR) is 72.6 cm³/mol. The van der Waals surface area contributed by atoms with E-state index in [1.807, 2.05) is 50.2 Å². The van der Waals surface area contributed by atoms with Gasteiger partial charge in [-0.05, 0) is 37.6 Å². The van der Waals surface area contributed by atoms with Crippen molar-refractivity contribution in [2.45, 2.75) is 19.9 Å². The van der Waals surface area contributed by atoms with Crippen molar-refractivity contribution < 1.29 is 4.74 Å². The van der Waals surface area contributed by atoms with Crippen LogP contribution in [0, 0.1) is 6.92 Å². The Kier molecular flexibility index (Phi) is 3.95. The first-order valence-corrected chi connectivity index (χ1v) is 6.12. The lowest BCUT2D eigenvalue weighted by Crippen LogP contribution is -2.15. The van der Waals surface area contributed by atoms with Gasteiger partial charge in [-0.1, -0.05) is 18.2 Å². The first kappa shape index (κ1) is 12.6. The minimum atomic E-state index is -0.257. The molecular weight excluding hydrogens is 224 g/mol. The topological polar surface area (TPSA) is 48.1 Å². The zero-order chi connectivity index (χ0) is 13.0. The highest BCUT2D eigenvalue weighted by molar-refractivity contribution is 5.40. The van der Waals surface area contributed by atoms with Crippen molar-refractivity contribution in [3.8, 4) is 5.75 Å². The molecule has 0 radical (unpaired) electrons. The Morgan fingerprint density at radius 1 is 1.28 bits per heavy atom. The Hall–Kier alpha value is -1.87. The number of nitrogens with zero attached hydrogens (tertiary/aromatic N) is 1. The summed E-state index contributed by atoms with van der Waals surface area (Å²) in [6, 6.07) is 11.6. The van der Waals surface area contributed by atoms with Crippen LogP contribution in [0.5, 0.6) is 5.75 Å². The average Bonchev–Trinajstić information content (AvgIpc) is 2.39. The number of hydrogen-bond donors (Lipinski definition) is 1. The molecule has 2 aromatic rings. The van der Waals surface area contributed by atoms with Gasteiger partial charge in [0.05, 0.1) is 18.3 Å². The highest BCUT2D eigenvalue weighted by atomic mass is 16.5. The zero-order valence-electron chi connectivity index (χ0n) is 10.8. The van der Waals surface area contributed by atoms with Gasteiger partial charge in [-0.3, -0.25) is 4.98 Å². The van der Waals surface area contributed by atoms with E-state index in [-0.39, 0.29) is 6.04 Å². The highest BCUT2D eigenvalue weighted by Gasteiger charge is 2.14. The SMILES string of the molecule is CCOc1ccccc1C(N)c1cc(C)ccn1. The van der Waals surface area contributed by atoms with Gasteiger partial charge in [-0.15, -0.1) is 0 Å². The lowest BCUT2D eigenvalue weighted by atomic mass is 10.0. The fourth-order valence-electron chi connectivity index (χ4n) is 1.91. The predicted octanol–water partition coefficient (Wildman–Crippen LogP) is 2.84. The van der Waals surface area contributed by atoms with Crippen molar-refractivity contribution in [1.82, 2.24) is 4.98 Å². The van der Waals surface area contributed by atoms with Gasteiger partial charge in [0.1, 0.15) is 5.75 Å². The number of nitrogens with two attached hydrogens (primary N) is 1. The molecule has 3 nitrogen and oxygen atoms in total. The monoisotopic (exact) mass is 242 g/mol. The molecule has 0 amide bonds. The van der Waals surface area contributed by atoms with Crippen LogP contribution in [0.25, 0.3) is 0 Å². The molecule has 0 bridgehead atoms. The van der Waals surface area contributed by atoms with E-state index >= 15 is 0 Å². The van der Waals surface area contributed by atoms with Gasteiger partial charge in [0.2, 0.25) is 0 Å². The van der Waals surface area contributed by atoms with Gasteiger partial charge in [0.15, 0.2) is 0 Å². The van der Waals surface area contributed by atoms with E-state index in [1.165, 1.54) is 0 Å². The Balaban J connectivity index is 2.36. The number of benzene rings is 1. The van der Waals surface area contributed by atoms with E-state index in [1.54, 1.807) is 6.20 Å². The van der Waals surface area contributed by atoms with Crippen LogP contribution in [-0.2, 0) is 0 Å². The summed E-state index contributed by atoms with van der Waals surface area (Å²) in [5.74, 6) is 0.829. The molecule has 1 unspecified atom stereocenters. The van der Waals surface area contributed by atoms with Gasteiger partial charge < -0.3 is 10.5 Å². The fraction of sp³-hybridized carbons (Fsp3) is 0.267. The summed E-state index contributed by atoms with van der Waals surface area (Å²) in [6.07, 6.45) is 1.79. The molecule has 2 N–H and O–H groups in total. The quantitative estimate of drug-likeness (QED) is 0.896. The Bertz CT molecular complexity index is 525. The molecule has 0 saturated carbocycles. The molecule has 1 aromatic carbocycles. The van der Waals surface area contributed by atoms with Gasteiger partial charge in [0, 0.05) is 11.8 Å². The van der Waals surface area contributed by atoms with Crippen molar-refractivity contribution in [2.24, 2.45) is 5.73 Å². The lowest BCUT2D eigenvalue weighted by molar-refractivity contribution is 0.335. The van der Waals surface area contributed by atoms with Gasteiger partial charge in [-0.2, -0.15) is 0 Å². The minimum Gasteiger partial charge on any atom is -0.494 e. The number of para-hydroxylation sites is 1. The molecule has 0 aliphatic rings. The van der Waals surface area contributed by atoms with E-state index in [4.69, 9.17) is 10.5 Å². The number of pyridine rings is 1. The summed E-state index contributed by atoms with van der Waals surface area (Å²) in [5.41, 5.74) is 9.26. The van der Waals surface area contributed by atoms with Crippen LogP contribution in [0.15, 0.2) is 42.6 Å². The molecule has 94 valence electrons. The van der Waals surface area contributed by atoms with Crippen molar-refractivity contribution in [3.63, 3.8) is 0 Å². The second-order valence-electron chi connectivity index (χ2n) is 4.21.